The number of aromatic nitrogens is 2. The van der Waals surface area contributed by atoms with Crippen LogP contribution in [0.1, 0.15) is 34.6 Å². The molecule has 0 spiro atoms. The Morgan fingerprint density at radius 3 is 2.31 bits per heavy atom. The molecule has 3 N–H and O–H groups in total. The van der Waals surface area contributed by atoms with Crippen LogP contribution in [0.5, 0.6) is 0 Å². The minimum atomic E-state index is -4.51. The van der Waals surface area contributed by atoms with E-state index < -0.39 is 23.9 Å². The summed E-state index contributed by atoms with van der Waals surface area (Å²) in [6.07, 6.45) is -2.15. The minimum Gasteiger partial charge on any atom is -0.355 e. The molecular formula is C16H16F3N5O2. The molecule has 0 saturated heterocycles. The van der Waals surface area contributed by atoms with Gasteiger partial charge in [-0.1, -0.05) is 6.07 Å². The number of anilines is 1. The number of carbonyl (C=O) groups is 2. The molecule has 0 aliphatic heterocycles. The third-order valence-corrected chi connectivity index (χ3v) is 3.42. The Kier molecular flexibility index (Phi) is 5.75. The van der Waals surface area contributed by atoms with Crippen LogP contribution in [-0.2, 0) is 6.18 Å². The molecule has 0 saturated carbocycles. The number of halogens is 3. The predicted molar refractivity (Wildman–Crippen MR) is 87.4 cm³/mol. The molecule has 3 amide bonds. The number of carbonyl (C=O) groups excluding carboxylic acids is 2. The van der Waals surface area contributed by atoms with Crippen LogP contribution in [0, 0.1) is 0 Å². The van der Waals surface area contributed by atoms with Crippen LogP contribution >= 0.6 is 0 Å². The zero-order chi connectivity index (χ0) is 19.3. The summed E-state index contributed by atoms with van der Waals surface area (Å²) in [7, 11) is 1.49. The van der Waals surface area contributed by atoms with Crippen molar-refractivity contribution in [2.45, 2.75) is 19.1 Å². The number of amides is 3. The molecule has 0 aliphatic carbocycles. The second kappa shape index (κ2) is 7.81. The fourth-order valence-electron chi connectivity index (χ4n) is 2.01. The lowest BCUT2D eigenvalue weighted by atomic mass is 10.1. The Balaban J connectivity index is 1.95. The molecule has 138 valence electrons. The van der Waals surface area contributed by atoms with Gasteiger partial charge in [0.05, 0.1) is 11.6 Å². The Morgan fingerprint density at radius 2 is 1.81 bits per heavy atom. The first-order chi connectivity index (χ1) is 12.2. The van der Waals surface area contributed by atoms with Crippen molar-refractivity contribution >= 4 is 17.8 Å². The second-order valence-electron chi connectivity index (χ2n) is 5.31. The highest BCUT2D eigenvalue weighted by molar-refractivity contribution is 5.94. The first-order valence-electron chi connectivity index (χ1n) is 7.49. The molecule has 0 radical (unpaired) electrons. The lowest BCUT2D eigenvalue weighted by molar-refractivity contribution is -0.141. The number of hydrogen-bond donors (Lipinski definition) is 3. The van der Waals surface area contributed by atoms with Gasteiger partial charge in [0.25, 0.3) is 5.91 Å². The van der Waals surface area contributed by atoms with Crippen LogP contribution in [0.3, 0.4) is 0 Å². The Morgan fingerprint density at radius 1 is 1.08 bits per heavy atom. The first-order valence-corrected chi connectivity index (χ1v) is 7.49. The van der Waals surface area contributed by atoms with Crippen molar-refractivity contribution < 1.29 is 22.8 Å². The molecule has 0 aromatic carbocycles. The Bertz CT molecular complexity index is 776. The number of rotatable bonds is 4. The zero-order valence-corrected chi connectivity index (χ0v) is 13.9. The van der Waals surface area contributed by atoms with Crippen molar-refractivity contribution in [1.82, 2.24) is 20.6 Å². The number of alkyl halides is 3. The number of hydrogen-bond acceptors (Lipinski definition) is 4. The molecule has 2 heterocycles. The van der Waals surface area contributed by atoms with Crippen molar-refractivity contribution in [3.05, 3.63) is 53.5 Å². The summed E-state index contributed by atoms with van der Waals surface area (Å²) < 4.78 is 37.5. The summed E-state index contributed by atoms with van der Waals surface area (Å²) in [4.78, 5) is 30.6. The maximum Gasteiger partial charge on any atom is 0.433 e. The van der Waals surface area contributed by atoms with Gasteiger partial charge in [0.2, 0.25) is 0 Å². The molecule has 2 aromatic rings. The van der Waals surface area contributed by atoms with Gasteiger partial charge >= 0.3 is 12.2 Å². The van der Waals surface area contributed by atoms with Crippen molar-refractivity contribution in [3.63, 3.8) is 0 Å². The maximum absolute atomic E-state index is 12.5. The molecule has 7 nitrogen and oxygen atoms in total. The van der Waals surface area contributed by atoms with E-state index in [1.54, 1.807) is 6.92 Å². The normalized spacial score (nSPS) is 12.2. The molecular weight excluding hydrogens is 351 g/mol. The molecule has 0 aliphatic rings. The molecule has 26 heavy (non-hydrogen) atoms. The van der Waals surface area contributed by atoms with Crippen molar-refractivity contribution in [2.24, 2.45) is 0 Å². The summed E-state index contributed by atoms with van der Waals surface area (Å²) in [5.41, 5.74) is -0.253. The number of nitrogens with one attached hydrogen (secondary N) is 3. The van der Waals surface area contributed by atoms with Gasteiger partial charge in [0.15, 0.2) is 0 Å². The molecule has 1 atom stereocenters. The van der Waals surface area contributed by atoms with Crippen LogP contribution in [0.15, 0.2) is 36.7 Å². The van der Waals surface area contributed by atoms with E-state index in [1.807, 2.05) is 0 Å². The fraction of sp³-hybridized carbons (Fsp3) is 0.250. The van der Waals surface area contributed by atoms with Crippen molar-refractivity contribution in [3.8, 4) is 0 Å². The molecule has 2 aromatic heterocycles. The summed E-state index contributed by atoms with van der Waals surface area (Å²) in [6, 6.07) is 3.87. The van der Waals surface area contributed by atoms with Gasteiger partial charge in [-0.2, -0.15) is 13.2 Å². The number of pyridine rings is 2. The van der Waals surface area contributed by atoms with E-state index in [9.17, 15) is 22.8 Å². The number of nitrogens with zero attached hydrogens (tertiary/aromatic N) is 2. The molecule has 0 bridgehead atoms. The van der Waals surface area contributed by atoms with Crippen molar-refractivity contribution in [2.75, 3.05) is 12.4 Å². The van der Waals surface area contributed by atoms with Crippen LogP contribution in [-0.4, -0.2) is 29.0 Å². The summed E-state index contributed by atoms with van der Waals surface area (Å²) in [5.74, 6) is -0.0928. The lowest BCUT2D eigenvalue weighted by Gasteiger charge is -2.15. The van der Waals surface area contributed by atoms with Crippen LogP contribution in [0.4, 0.5) is 23.8 Å². The third kappa shape index (κ3) is 4.91. The Hall–Kier alpha value is -3.17. The monoisotopic (exact) mass is 367 g/mol. The zero-order valence-electron chi connectivity index (χ0n) is 13.9. The van der Waals surface area contributed by atoms with Crippen LogP contribution in [0.2, 0.25) is 0 Å². The summed E-state index contributed by atoms with van der Waals surface area (Å²) in [6.45, 7) is 1.60. The van der Waals surface area contributed by atoms with Gasteiger partial charge in [0.1, 0.15) is 11.5 Å². The quantitative estimate of drug-likeness (QED) is 0.774. The predicted octanol–water partition coefficient (Wildman–Crippen LogP) is 2.74. The summed E-state index contributed by atoms with van der Waals surface area (Å²) in [5, 5.41) is 7.47. The highest BCUT2D eigenvalue weighted by Crippen LogP contribution is 2.27. The lowest BCUT2D eigenvalue weighted by Crippen LogP contribution is -2.31. The smallest absolute Gasteiger partial charge is 0.355 e. The van der Waals surface area contributed by atoms with E-state index in [2.05, 4.69) is 25.9 Å². The average molecular weight is 367 g/mol. The van der Waals surface area contributed by atoms with Crippen molar-refractivity contribution in [1.29, 1.82) is 0 Å². The topological polar surface area (TPSA) is 96.0 Å². The van der Waals surface area contributed by atoms with Gasteiger partial charge in [-0.25, -0.2) is 9.78 Å². The van der Waals surface area contributed by atoms with E-state index in [-0.39, 0.29) is 11.7 Å². The fourth-order valence-corrected chi connectivity index (χ4v) is 2.01. The highest BCUT2D eigenvalue weighted by atomic mass is 19.4. The molecule has 10 heteroatoms. The van der Waals surface area contributed by atoms with E-state index in [0.29, 0.717) is 11.1 Å². The standard InChI is InChI=1S/C16H16F3N5O2/c1-9(10-3-5-12(21-7-10)16(17,18)19)23-15(26)24-13-6-4-11(8-22-13)14(25)20-2/h3-9H,1-2H3,(H,20,25)(H2,22,23,24,26)/t9-/m0/s1. The van der Waals surface area contributed by atoms with Gasteiger partial charge in [0, 0.05) is 19.4 Å². The van der Waals surface area contributed by atoms with Crippen LogP contribution < -0.4 is 16.0 Å². The van der Waals surface area contributed by atoms with Gasteiger partial charge in [-0.15, -0.1) is 0 Å². The van der Waals surface area contributed by atoms with E-state index >= 15 is 0 Å². The molecule has 0 unspecified atom stereocenters. The molecule has 2 rings (SSSR count). The van der Waals surface area contributed by atoms with E-state index in [0.717, 1.165) is 12.3 Å². The largest absolute Gasteiger partial charge is 0.433 e. The summed E-state index contributed by atoms with van der Waals surface area (Å²) >= 11 is 0. The van der Waals surface area contributed by atoms with Crippen LogP contribution in [0.25, 0.3) is 0 Å². The maximum atomic E-state index is 12.5. The SMILES string of the molecule is CNC(=O)c1ccc(NC(=O)N[C@@H](C)c2ccc(C(F)(F)F)nc2)nc1. The van der Waals surface area contributed by atoms with E-state index in [1.165, 1.54) is 31.4 Å². The van der Waals surface area contributed by atoms with E-state index in [4.69, 9.17) is 0 Å². The minimum absolute atomic E-state index is 0.216. The number of urea groups is 1. The highest BCUT2D eigenvalue weighted by Gasteiger charge is 2.32. The molecule has 0 fully saturated rings. The first kappa shape index (κ1) is 19.2. The second-order valence-corrected chi connectivity index (χ2v) is 5.31. The Labute approximate surface area is 147 Å². The third-order valence-electron chi connectivity index (χ3n) is 3.42. The van der Waals surface area contributed by atoms with Gasteiger partial charge in [-0.3, -0.25) is 15.1 Å². The average Bonchev–Trinajstić information content (AvgIpc) is 2.61. The van der Waals surface area contributed by atoms with Gasteiger partial charge < -0.3 is 10.6 Å². The van der Waals surface area contributed by atoms with Gasteiger partial charge in [-0.05, 0) is 30.7 Å².